The molecule has 0 saturated carbocycles. The second kappa shape index (κ2) is 9.42. The number of fused-ring (bicyclic) bond motifs is 1. The minimum absolute atomic E-state index is 0.0820. The maximum absolute atomic E-state index is 12.2. The van der Waals surface area contributed by atoms with Crippen molar-refractivity contribution in [2.45, 2.75) is 31.7 Å². The third-order valence-electron chi connectivity index (χ3n) is 5.19. The van der Waals surface area contributed by atoms with Crippen LogP contribution in [0.1, 0.15) is 35.6 Å². The van der Waals surface area contributed by atoms with Crippen LogP contribution in [0, 0.1) is 0 Å². The van der Waals surface area contributed by atoms with Crippen LogP contribution in [0.4, 0.5) is 0 Å². The molecule has 0 fully saturated rings. The molecule has 2 aromatic rings. The number of methoxy groups -OCH3 is 2. The summed E-state index contributed by atoms with van der Waals surface area (Å²) in [4.78, 5) is 12.2. The number of amides is 1. The van der Waals surface area contributed by atoms with Gasteiger partial charge >= 0.3 is 0 Å². The molecule has 5 heteroatoms. The number of carbonyl (C=O) groups excluding carboxylic acids is 1. The van der Waals surface area contributed by atoms with Crippen molar-refractivity contribution in [3.8, 4) is 11.5 Å². The second-order valence-corrected chi connectivity index (χ2v) is 6.93. The van der Waals surface area contributed by atoms with Gasteiger partial charge in [-0.2, -0.15) is 0 Å². The van der Waals surface area contributed by atoms with Crippen LogP contribution in [0.2, 0.25) is 0 Å². The topological polar surface area (TPSA) is 64.2 Å². The standard InChI is InChI=1S/C22H28N2O3/c1-26-20-11-10-16(14-21(20)27-2)12-13-23-22(25)15-24-19-9-5-7-17-6-3-4-8-18(17)19/h3-4,6,8,10-11,14,19,24H,5,7,9,12-13,15H2,1-2H3,(H,23,25)/p+1/t19-/m1/s1. The first-order valence-electron chi connectivity index (χ1n) is 9.60. The Kier molecular flexibility index (Phi) is 6.71. The van der Waals surface area contributed by atoms with Crippen LogP contribution in [-0.4, -0.2) is 33.2 Å². The molecule has 144 valence electrons. The smallest absolute Gasteiger partial charge is 0.275 e. The van der Waals surface area contributed by atoms with E-state index in [9.17, 15) is 4.79 Å². The van der Waals surface area contributed by atoms with E-state index in [1.807, 2.05) is 18.2 Å². The van der Waals surface area contributed by atoms with Crippen molar-refractivity contribution in [3.63, 3.8) is 0 Å². The van der Waals surface area contributed by atoms with E-state index >= 15 is 0 Å². The molecule has 0 aromatic heterocycles. The molecule has 2 aromatic carbocycles. The lowest BCUT2D eigenvalue weighted by Gasteiger charge is -2.23. The summed E-state index contributed by atoms with van der Waals surface area (Å²) in [6.45, 7) is 1.08. The van der Waals surface area contributed by atoms with Crippen molar-refractivity contribution in [3.05, 3.63) is 59.2 Å². The summed E-state index contributed by atoms with van der Waals surface area (Å²) in [7, 11) is 3.25. The molecule has 0 spiro atoms. The molecule has 0 aliphatic heterocycles. The van der Waals surface area contributed by atoms with Crippen LogP contribution in [-0.2, 0) is 17.6 Å². The van der Waals surface area contributed by atoms with Gasteiger partial charge in [0.25, 0.3) is 5.91 Å². The van der Waals surface area contributed by atoms with Crippen LogP contribution < -0.4 is 20.1 Å². The monoisotopic (exact) mass is 369 g/mol. The molecule has 1 aliphatic rings. The van der Waals surface area contributed by atoms with Gasteiger partial charge < -0.3 is 20.1 Å². The number of ether oxygens (including phenoxy) is 2. The van der Waals surface area contributed by atoms with Gasteiger partial charge in [-0.15, -0.1) is 0 Å². The molecule has 3 rings (SSSR count). The number of rotatable bonds is 8. The quantitative estimate of drug-likeness (QED) is 0.748. The van der Waals surface area contributed by atoms with E-state index in [0.29, 0.717) is 30.6 Å². The van der Waals surface area contributed by atoms with E-state index in [2.05, 4.69) is 34.9 Å². The Morgan fingerprint density at radius 3 is 2.78 bits per heavy atom. The van der Waals surface area contributed by atoms with Gasteiger partial charge in [0.1, 0.15) is 6.04 Å². The zero-order valence-corrected chi connectivity index (χ0v) is 16.2. The van der Waals surface area contributed by atoms with Crippen LogP contribution in [0.25, 0.3) is 0 Å². The third-order valence-corrected chi connectivity index (χ3v) is 5.19. The van der Waals surface area contributed by atoms with Crippen molar-refractivity contribution in [1.82, 2.24) is 5.32 Å². The van der Waals surface area contributed by atoms with Crippen molar-refractivity contribution in [1.29, 1.82) is 0 Å². The average molecular weight is 369 g/mol. The van der Waals surface area contributed by atoms with Crippen LogP contribution in [0.3, 0.4) is 0 Å². The number of carbonyl (C=O) groups is 1. The highest BCUT2D eigenvalue weighted by molar-refractivity contribution is 5.76. The minimum Gasteiger partial charge on any atom is -0.493 e. The summed E-state index contributed by atoms with van der Waals surface area (Å²) >= 11 is 0. The van der Waals surface area contributed by atoms with Gasteiger partial charge in [0.2, 0.25) is 0 Å². The van der Waals surface area contributed by atoms with Gasteiger partial charge in [-0.25, -0.2) is 0 Å². The first-order valence-corrected chi connectivity index (χ1v) is 9.60. The highest BCUT2D eigenvalue weighted by atomic mass is 16.5. The minimum atomic E-state index is 0.0820. The predicted molar refractivity (Wildman–Crippen MR) is 105 cm³/mol. The maximum atomic E-state index is 12.2. The SMILES string of the molecule is COc1ccc(CCNC(=O)C[NH2+][C@@H]2CCCc3ccccc32)cc1OC. The Bertz CT molecular complexity index is 776. The molecule has 3 N–H and O–H groups in total. The largest absolute Gasteiger partial charge is 0.493 e. The van der Waals surface area contributed by atoms with E-state index in [1.165, 1.54) is 17.5 Å². The maximum Gasteiger partial charge on any atom is 0.275 e. The molecular formula is C22H29N2O3+. The van der Waals surface area contributed by atoms with Crippen LogP contribution in [0.15, 0.2) is 42.5 Å². The Morgan fingerprint density at radius 2 is 1.96 bits per heavy atom. The summed E-state index contributed by atoms with van der Waals surface area (Å²) in [6.07, 6.45) is 4.24. The number of nitrogens with two attached hydrogens (primary N) is 1. The molecule has 1 aliphatic carbocycles. The van der Waals surface area contributed by atoms with Crippen molar-refractivity contribution < 1.29 is 19.6 Å². The number of benzene rings is 2. The summed E-state index contributed by atoms with van der Waals surface area (Å²) < 4.78 is 10.6. The lowest BCUT2D eigenvalue weighted by atomic mass is 9.88. The summed E-state index contributed by atoms with van der Waals surface area (Å²) in [5.74, 6) is 1.51. The number of quaternary nitrogens is 1. The highest BCUT2D eigenvalue weighted by Gasteiger charge is 2.22. The van der Waals surface area contributed by atoms with Crippen molar-refractivity contribution >= 4 is 5.91 Å². The van der Waals surface area contributed by atoms with Crippen molar-refractivity contribution in [2.75, 3.05) is 27.3 Å². The number of aryl methyl sites for hydroxylation is 1. The third kappa shape index (κ3) is 5.01. The summed E-state index contributed by atoms with van der Waals surface area (Å²) in [6, 6.07) is 14.8. The van der Waals surface area contributed by atoms with Gasteiger partial charge in [0.15, 0.2) is 18.0 Å². The van der Waals surface area contributed by atoms with Gasteiger partial charge in [0.05, 0.1) is 14.2 Å². The predicted octanol–water partition coefficient (Wildman–Crippen LogP) is 2.00. The fraction of sp³-hybridized carbons (Fsp3) is 0.409. The normalized spacial score (nSPS) is 15.7. The highest BCUT2D eigenvalue weighted by Crippen LogP contribution is 2.28. The van der Waals surface area contributed by atoms with Crippen molar-refractivity contribution in [2.24, 2.45) is 0 Å². The van der Waals surface area contributed by atoms with E-state index in [0.717, 1.165) is 24.8 Å². The molecule has 5 nitrogen and oxygen atoms in total. The molecule has 0 saturated heterocycles. The molecule has 0 bridgehead atoms. The molecule has 0 unspecified atom stereocenters. The molecule has 0 radical (unpaired) electrons. The molecule has 0 heterocycles. The van der Waals surface area contributed by atoms with Gasteiger partial charge in [-0.3, -0.25) is 4.79 Å². The van der Waals surface area contributed by atoms with Gasteiger partial charge in [-0.05, 0) is 42.5 Å². The van der Waals surface area contributed by atoms with E-state index < -0.39 is 0 Å². The lowest BCUT2D eigenvalue weighted by Crippen LogP contribution is -2.87. The Morgan fingerprint density at radius 1 is 1.15 bits per heavy atom. The molecule has 1 atom stereocenters. The van der Waals surface area contributed by atoms with Crippen LogP contribution >= 0.6 is 0 Å². The van der Waals surface area contributed by atoms with E-state index in [4.69, 9.17) is 9.47 Å². The number of nitrogens with one attached hydrogen (secondary N) is 1. The zero-order valence-electron chi connectivity index (χ0n) is 16.2. The van der Waals surface area contributed by atoms with Crippen LogP contribution in [0.5, 0.6) is 11.5 Å². The fourth-order valence-electron chi connectivity index (χ4n) is 3.74. The number of hydrogen-bond acceptors (Lipinski definition) is 3. The molecular weight excluding hydrogens is 340 g/mol. The first-order chi connectivity index (χ1) is 13.2. The first kappa shape index (κ1) is 19.2. The number of hydrogen-bond donors (Lipinski definition) is 2. The van der Waals surface area contributed by atoms with Gasteiger partial charge in [-0.1, -0.05) is 30.3 Å². The Balaban J connectivity index is 1.44. The average Bonchev–Trinajstić information content (AvgIpc) is 2.72. The second-order valence-electron chi connectivity index (χ2n) is 6.93. The van der Waals surface area contributed by atoms with Gasteiger partial charge in [0, 0.05) is 18.5 Å². The Hall–Kier alpha value is -2.53. The Labute approximate surface area is 161 Å². The molecule has 1 amide bonds. The lowest BCUT2D eigenvalue weighted by molar-refractivity contribution is -0.687. The van der Waals surface area contributed by atoms with E-state index in [1.54, 1.807) is 14.2 Å². The molecule has 27 heavy (non-hydrogen) atoms. The summed E-state index contributed by atoms with van der Waals surface area (Å²) in [5, 5.41) is 5.19. The fourth-order valence-corrected chi connectivity index (χ4v) is 3.74. The zero-order chi connectivity index (χ0) is 19.1. The summed E-state index contributed by atoms with van der Waals surface area (Å²) in [5.41, 5.74) is 3.93. The van der Waals surface area contributed by atoms with E-state index in [-0.39, 0.29) is 5.91 Å².